The Labute approximate surface area is 183 Å². The van der Waals surface area contributed by atoms with Gasteiger partial charge < -0.3 is 10.2 Å². The summed E-state index contributed by atoms with van der Waals surface area (Å²) in [6, 6.07) is 23.4. The molecule has 1 fully saturated rings. The zero-order valence-electron chi connectivity index (χ0n) is 17.7. The van der Waals surface area contributed by atoms with Gasteiger partial charge in [0.1, 0.15) is 5.82 Å². The number of carbonyl (C=O) groups excluding carboxylic acids is 2. The highest BCUT2D eigenvalue weighted by molar-refractivity contribution is 5.93. The molecule has 2 amide bonds. The van der Waals surface area contributed by atoms with E-state index < -0.39 is 0 Å². The van der Waals surface area contributed by atoms with Gasteiger partial charge in [-0.15, -0.1) is 0 Å². The normalized spacial score (nSPS) is 16.2. The standard InChI is InChI=1S/C26H27N3O2/c1-19-14-15-23(27-17-19)28-25(30)22-13-8-16-29(18-22)26(31)24(20-9-4-2-5-10-20)21-11-6-3-7-12-21/h2-7,9-12,14-15,17,22,24H,8,13,16,18H2,1H3,(H,27,28,30). The molecule has 1 N–H and O–H groups in total. The van der Waals surface area contributed by atoms with Crippen LogP contribution in [0.4, 0.5) is 5.82 Å². The molecule has 5 nitrogen and oxygen atoms in total. The van der Waals surface area contributed by atoms with Gasteiger partial charge in [-0.3, -0.25) is 9.59 Å². The third-order valence-corrected chi connectivity index (χ3v) is 5.78. The minimum atomic E-state index is -0.372. The van der Waals surface area contributed by atoms with Gasteiger partial charge >= 0.3 is 0 Å². The number of benzene rings is 2. The number of aromatic nitrogens is 1. The van der Waals surface area contributed by atoms with E-state index in [1.54, 1.807) is 12.3 Å². The van der Waals surface area contributed by atoms with Crippen LogP contribution in [0.15, 0.2) is 79.0 Å². The van der Waals surface area contributed by atoms with Gasteiger partial charge in [0.15, 0.2) is 0 Å². The summed E-state index contributed by atoms with van der Waals surface area (Å²) in [5.41, 5.74) is 2.98. The molecule has 2 aromatic carbocycles. The number of hydrogen-bond acceptors (Lipinski definition) is 3. The smallest absolute Gasteiger partial charge is 0.234 e. The highest BCUT2D eigenvalue weighted by atomic mass is 16.2. The van der Waals surface area contributed by atoms with Gasteiger partial charge in [0.05, 0.1) is 11.8 Å². The van der Waals surface area contributed by atoms with Crippen LogP contribution in [-0.2, 0) is 9.59 Å². The molecule has 4 rings (SSSR count). The fraction of sp³-hybridized carbons (Fsp3) is 0.269. The van der Waals surface area contributed by atoms with E-state index >= 15 is 0 Å². The van der Waals surface area contributed by atoms with E-state index in [1.165, 1.54) is 0 Å². The summed E-state index contributed by atoms with van der Waals surface area (Å²) in [5, 5.41) is 2.90. The zero-order valence-corrected chi connectivity index (χ0v) is 17.7. The number of pyridine rings is 1. The van der Waals surface area contributed by atoms with Crippen LogP contribution in [0, 0.1) is 12.8 Å². The molecule has 0 radical (unpaired) electrons. The molecule has 0 aliphatic carbocycles. The van der Waals surface area contributed by atoms with Crippen LogP contribution in [0.25, 0.3) is 0 Å². The number of rotatable bonds is 5. The molecule has 1 aromatic heterocycles. The maximum Gasteiger partial charge on any atom is 0.234 e. The largest absolute Gasteiger partial charge is 0.341 e. The lowest BCUT2D eigenvalue weighted by Crippen LogP contribution is -2.45. The van der Waals surface area contributed by atoms with Gasteiger partial charge in [-0.1, -0.05) is 66.7 Å². The second-order valence-electron chi connectivity index (χ2n) is 8.09. The average Bonchev–Trinajstić information content (AvgIpc) is 2.82. The molecule has 2 heterocycles. The maximum atomic E-state index is 13.6. The van der Waals surface area contributed by atoms with Crippen LogP contribution in [0.3, 0.4) is 0 Å². The van der Waals surface area contributed by atoms with Crippen LogP contribution >= 0.6 is 0 Å². The fourth-order valence-corrected chi connectivity index (χ4v) is 4.11. The van der Waals surface area contributed by atoms with E-state index in [0.717, 1.165) is 29.5 Å². The lowest BCUT2D eigenvalue weighted by Gasteiger charge is -2.34. The van der Waals surface area contributed by atoms with Gasteiger partial charge in [-0.05, 0) is 42.5 Å². The first-order valence-electron chi connectivity index (χ1n) is 10.7. The Morgan fingerprint density at radius 2 is 1.61 bits per heavy atom. The van der Waals surface area contributed by atoms with E-state index in [4.69, 9.17) is 0 Å². The highest BCUT2D eigenvalue weighted by Crippen LogP contribution is 2.29. The molecule has 158 valence electrons. The van der Waals surface area contributed by atoms with Crippen molar-refractivity contribution in [2.24, 2.45) is 5.92 Å². The molecule has 1 saturated heterocycles. The maximum absolute atomic E-state index is 13.6. The Morgan fingerprint density at radius 3 is 2.19 bits per heavy atom. The van der Waals surface area contributed by atoms with Crippen molar-refractivity contribution >= 4 is 17.6 Å². The van der Waals surface area contributed by atoms with Crippen molar-refractivity contribution in [3.63, 3.8) is 0 Å². The molecular weight excluding hydrogens is 386 g/mol. The monoisotopic (exact) mass is 413 g/mol. The second kappa shape index (κ2) is 9.56. The first kappa shape index (κ1) is 20.8. The van der Waals surface area contributed by atoms with Crippen molar-refractivity contribution in [1.82, 2.24) is 9.88 Å². The Balaban J connectivity index is 1.51. The zero-order chi connectivity index (χ0) is 21.6. The van der Waals surface area contributed by atoms with Gasteiger partial charge in [-0.25, -0.2) is 4.98 Å². The molecular formula is C26H27N3O2. The number of amides is 2. The summed E-state index contributed by atoms with van der Waals surface area (Å²) in [7, 11) is 0. The Morgan fingerprint density at radius 1 is 0.968 bits per heavy atom. The predicted octanol–water partition coefficient (Wildman–Crippen LogP) is 4.40. The number of anilines is 1. The SMILES string of the molecule is Cc1ccc(NC(=O)C2CCCN(C(=O)C(c3ccccc3)c3ccccc3)C2)nc1. The Kier molecular flexibility index (Phi) is 6.41. The summed E-state index contributed by atoms with van der Waals surface area (Å²) in [5.74, 6) is -0.102. The summed E-state index contributed by atoms with van der Waals surface area (Å²) in [4.78, 5) is 32.6. The van der Waals surface area contributed by atoms with Gasteiger partial charge in [0, 0.05) is 19.3 Å². The number of nitrogens with one attached hydrogen (secondary N) is 1. The molecule has 31 heavy (non-hydrogen) atoms. The molecule has 0 spiro atoms. The van der Waals surface area contributed by atoms with E-state index in [-0.39, 0.29) is 23.7 Å². The molecule has 1 atom stereocenters. The van der Waals surface area contributed by atoms with Crippen molar-refractivity contribution in [3.8, 4) is 0 Å². The Bertz CT molecular complexity index is 980. The second-order valence-corrected chi connectivity index (χ2v) is 8.09. The number of likely N-dealkylation sites (tertiary alicyclic amines) is 1. The third kappa shape index (κ3) is 5.00. The number of carbonyl (C=O) groups is 2. The number of piperidine rings is 1. The number of nitrogens with zero attached hydrogens (tertiary/aromatic N) is 2. The fourth-order valence-electron chi connectivity index (χ4n) is 4.11. The summed E-state index contributed by atoms with van der Waals surface area (Å²) in [6.07, 6.45) is 3.31. The minimum absolute atomic E-state index is 0.0448. The minimum Gasteiger partial charge on any atom is -0.341 e. The van der Waals surface area contributed by atoms with Crippen molar-refractivity contribution < 1.29 is 9.59 Å². The van der Waals surface area contributed by atoms with Crippen LogP contribution in [0.1, 0.15) is 35.4 Å². The lowest BCUT2D eigenvalue weighted by molar-refractivity contribution is -0.135. The Hall–Kier alpha value is -3.47. The van der Waals surface area contributed by atoms with Crippen LogP contribution in [0.2, 0.25) is 0 Å². The predicted molar refractivity (Wildman–Crippen MR) is 122 cm³/mol. The summed E-state index contributed by atoms with van der Waals surface area (Å²) >= 11 is 0. The quantitative estimate of drug-likeness (QED) is 0.674. The topological polar surface area (TPSA) is 62.3 Å². The lowest BCUT2D eigenvalue weighted by atomic mass is 9.88. The van der Waals surface area contributed by atoms with E-state index in [0.29, 0.717) is 18.9 Å². The van der Waals surface area contributed by atoms with E-state index in [1.807, 2.05) is 78.6 Å². The molecule has 1 aliphatic rings. The van der Waals surface area contributed by atoms with Crippen LogP contribution < -0.4 is 5.32 Å². The molecule has 0 saturated carbocycles. The molecule has 0 bridgehead atoms. The highest BCUT2D eigenvalue weighted by Gasteiger charge is 2.33. The summed E-state index contributed by atoms with van der Waals surface area (Å²) in [6.45, 7) is 3.05. The van der Waals surface area contributed by atoms with Gasteiger partial charge in [0.25, 0.3) is 0 Å². The van der Waals surface area contributed by atoms with Crippen molar-refractivity contribution in [3.05, 3.63) is 95.7 Å². The summed E-state index contributed by atoms with van der Waals surface area (Å²) < 4.78 is 0. The van der Waals surface area contributed by atoms with Crippen molar-refractivity contribution in [2.45, 2.75) is 25.7 Å². The van der Waals surface area contributed by atoms with Gasteiger partial charge in [-0.2, -0.15) is 0 Å². The van der Waals surface area contributed by atoms with Crippen LogP contribution in [-0.4, -0.2) is 34.8 Å². The number of hydrogen-bond donors (Lipinski definition) is 1. The van der Waals surface area contributed by atoms with Crippen LogP contribution in [0.5, 0.6) is 0 Å². The van der Waals surface area contributed by atoms with Crippen molar-refractivity contribution in [1.29, 1.82) is 0 Å². The molecule has 3 aromatic rings. The molecule has 1 aliphatic heterocycles. The molecule has 5 heteroatoms. The van der Waals surface area contributed by atoms with Crippen molar-refractivity contribution in [2.75, 3.05) is 18.4 Å². The van der Waals surface area contributed by atoms with Gasteiger partial charge in [0.2, 0.25) is 11.8 Å². The first-order chi connectivity index (χ1) is 15.1. The third-order valence-electron chi connectivity index (χ3n) is 5.78. The van der Waals surface area contributed by atoms with E-state index in [9.17, 15) is 9.59 Å². The number of aryl methyl sites for hydroxylation is 1. The average molecular weight is 414 g/mol. The molecule has 1 unspecified atom stereocenters. The van der Waals surface area contributed by atoms with E-state index in [2.05, 4.69) is 10.3 Å². The first-order valence-corrected chi connectivity index (χ1v) is 10.7.